The molecule has 0 bridgehead atoms. The summed E-state index contributed by atoms with van der Waals surface area (Å²) in [6.45, 7) is 5.88. The monoisotopic (exact) mass is 324 g/mol. The summed E-state index contributed by atoms with van der Waals surface area (Å²) in [5.41, 5.74) is -0.269. The van der Waals surface area contributed by atoms with E-state index in [0.717, 1.165) is 25.0 Å². The smallest absolute Gasteiger partial charge is 0.254 e. The molecular formula is C17H22F2N2O2. The molecule has 0 heterocycles. The van der Waals surface area contributed by atoms with Crippen LogP contribution in [0.15, 0.2) is 18.2 Å². The maximum absolute atomic E-state index is 13.6. The molecule has 0 aromatic heterocycles. The van der Waals surface area contributed by atoms with Crippen molar-refractivity contribution in [3.63, 3.8) is 0 Å². The number of hydrogen-bond donors (Lipinski definition) is 1. The Balaban J connectivity index is 1.98. The molecular weight excluding hydrogens is 302 g/mol. The van der Waals surface area contributed by atoms with Gasteiger partial charge in [-0.05, 0) is 37.8 Å². The van der Waals surface area contributed by atoms with E-state index < -0.39 is 17.5 Å². The molecule has 4 nitrogen and oxygen atoms in total. The number of rotatable bonds is 6. The van der Waals surface area contributed by atoms with Crippen molar-refractivity contribution in [2.24, 2.45) is 5.92 Å². The second-order valence-corrected chi connectivity index (χ2v) is 6.32. The standard InChI is InChI=1S/C17H22F2N2O2/c1-10(2)11(3)21(13-5-6-13)16(22)9-20-17(23)14-7-4-12(18)8-15(14)19/h4,7-8,10-11,13H,5-6,9H2,1-3H3,(H,20,23). The number of carbonyl (C=O) groups excluding carboxylic acids is 2. The normalized spacial score (nSPS) is 15.4. The van der Waals surface area contributed by atoms with Gasteiger partial charge in [-0.2, -0.15) is 0 Å². The van der Waals surface area contributed by atoms with Gasteiger partial charge in [-0.25, -0.2) is 8.78 Å². The molecule has 1 aromatic carbocycles. The van der Waals surface area contributed by atoms with Crippen molar-refractivity contribution in [3.8, 4) is 0 Å². The molecule has 0 spiro atoms. The Labute approximate surface area is 134 Å². The fourth-order valence-electron chi connectivity index (χ4n) is 2.45. The van der Waals surface area contributed by atoms with Gasteiger partial charge in [-0.1, -0.05) is 13.8 Å². The molecule has 1 aliphatic rings. The van der Waals surface area contributed by atoms with Crippen molar-refractivity contribution < 1.29 is 18.4 Å². The van der Waals surface area contributed by atoms with Gasteiger partial charge in [0, 0.05) is 18.2 Å². The summed E-state index contributed by atoms with van der Waals surface area (Å²) in [7, 11) is 0. The first-order chi connectivity index (χ1) is 10.8. The molecule has 6 heteroatoms. The van der Waals surface area contributed by atoms with Crippen LogP contribution in [0.4, 0.5) is 8.78 Å². The summed E-state index contributed by atoms with van der Waals surface area (Å²) in [5.74, 6) is -2.27. The summed E-state index contributed by atoms with van der Waals surface area (Å²) in [4.78, 5) is 26.2. The lowest BCUT2D eigenvalue weighted by Crippen LogP contribution is -2.47. The lowest BCUT2D eigenvalue weighted by atomic mass is 10.0. The topological polar surface area (TPSA) is 49.4 Å². The van der Waals surface area contributed by atoms with E-state index in [-0.39, 0.29) is 30.1 Å². The van der Waals surface area contributed by atoms with Crippen LogP contribution >= 0.6 is 0 Å². The average Bonchev–Trinajstić information content (AvgIpc) is 3.29. The largest absolute Gasteiger partial charge is 0.343 e. The molecule has 0 aliphatic heterocycles. The fraction of sp³-hybridized carbons (Fsp3) is 0.529. The molecule has 2 amide bonds. The zero-order valence-electron chi connectivity index (χ0n) is 13.6. The molecule has 1 aromatic rings. The van der Waals surface area contributed by atoms with E-state index in [1.165, 1.54) is 0 Å². The third kappa shape index (κ3) is 4.27. The van der Waals surface area contributed by atoms with Gasteiger partial charge in [-0.15, -0.1) is 0 Å². The molecule has 1 saturated carbocycles. The van der Waals surface area contributed by atoms with E-state index in [1.807, 2.05) is 25.7 Å². The van der Waals surface area contributed by atoms with Crippen molar-refractivity contribution in [1.29, 1.82) is 0 Å². The first-order valence-electron chi connectivity index (χ1n) is 7.85. The van der Waals surface area contributed by atoms with Crippen molar-refractivity contribution in [2.75, 3.05) is 6.54 Å². The van der Waals surface area contributed by atoms with E-state index in [1.54, 1.807) is 0 Å². The quantitative estimate of drug-likeness (QED) is 0.875. The minimum absolute atomic E-state index is 0.0782. The first-order valence-corrected chi connectivity index (χ1v) is 7.85. The van der Waals surface area contributed by atoms with Crippen molar-refractivity contribution in [2.45, 2.75) is 45.7 Å². The molecule has 23 heavy (non-hydrogen) atoms. The summed E-state index contributed by atoms with van der Waals surface area (Å²) in [6.07, 6.45) is 1.95. The maximum atomic E-state index is 13.6. The minimum Gasteiger partial charge on any atom is -0.343 e. The second-order valence-electron chi connectivity index (χ2n) is 6.32. The highest BCUT2D eigenvalue weighted by Crippen LogP contribution is 2.30. The fourth-order valence-corrected chi connectivity index (χ4v) is 2.45. The first kappa shape index (κ1) is 17.4. The van der Waals surface area contributed by atoms with E-state index in [2.05, 4.69) is 5.32 Å². The Hall–Kier alpha value is -1.98. The van der Waals surface area contributed by atoms with Crippen LogP contribution < -0.4 is 5.32 Å². The Bertz CT molecular complexity index is 600. The van der Waals surface area contributed by atoms with Gasteiger partial charge in [0.25, 0.3) is 5.91 Å². The van der Waals surface area contributed by atoms with Crippen LogP contribution in [0.5, 0.6) is 0 Å². The molecule has 0 saturated heterocycles. The molecule has 2 rings (SSSR count). The van der Waals surface area contributed by atoms with Crippen LogP contribution in [-0.4, -0.2) is 35.3 Å². The number of halogens is 2. The van der Waals surface area contributed by atoms with Crippen LogP contribution in [0, 0.1) is 17.6 Å². The number of nitrogens with one attached hydrogen (secondary N) is 1. The van der Waals surface area contributed by atoms with Gasteiger partial charge in [-0.3, -0.25) is 9.59 Å². The summed E-state index contributed by atoms with van der Waals surface area (Å²) in [5, 5.41) is 2.42. The average molecular weight is 324 g/mol. The van der Waals surface area contributed by atoms with Gasteiger partial charge in [0.05, 0.1) is 12.1 Å². The number of amides is 2. The minimum atomic E-state index is -0.940. The summed E-state index contributed by atoms with van der Waals surface area (Å²) >= 11 is 0. The van der Waals surface area contributed by atoms with Crippen LogP contribution in [0.3, 0.4) is 0 Å². The highest BCUT2D eigenvalue weighted by Gasteiger charge is 2.36. The predicted octanol–water partition coefficient (Wildman–Crippen LogP) is 2.73. The van der Waals surface area contributed by atoms with E-state index in [4.69, 9.17) is 0 Å². The highest BCUT2D eigenvalue weighted by molar-refractivity contribution is 5.96. The van der Waals surface area contributed by atoms with E-state index in [0.29, 0.717) is 12.0 Å². The van der Waals surface area contributed by atoms with Gasteiger partial charge < -0.3 is 10.2 Å². The van der Waals surface area contributed by atoms with Crippen molar-refractivity contribution >= 4 is 11.8 Å². The van der Waals surface area contributed by atoms with Gasteiger partial charge in [0.2, 0.25) is 5.91 Å². The summed E-state index contributed by atoms with van der Waals surface area (Å²) < 4.78 is 26.4. The molecule has 1 atom stereocenters. The highest BCUT2D eigenvalue weighted by atomic mass is 19.1. The Morgan fingerprint density at radius 1 is 1.26 bits per heavy atom. The zero-order valence-corrected chi connectivity index (χ0v) is 13.6. The van der Waals surface area contributed by atoms with Crippen molar-refractivity contribution in [1.82, 2.24) is 10.2 Å². The second kappa shape index (κ2) is 7.06. The van der Waals surface area contributed by atoms with Crippen LogP contribution in [0.25, 0.3) is 0 Å². The lowest BCUT2D eigenvalue weighted by Gasteiger charge is -2.32. The van der Waals surface area contributed by atoms with E-state index >= 15 is 0 Å². The van der Waals surface area contributed by atoms with Crippen LogP contribution in [-0.2, 0) is 4.79 Å². The molecule has 1 fully saturated rings. The number of benzene rings is 1. The number of hydrogen-bond acceptors (Lipinski definition) is 2. The Morgan fingerprint density at radius 3 is 2.43 bits per heavy atom. The van der Waals surface area contributed by atoms with Crippen LogP contribution in [0.1, 0.15) is 44.0 Å². The van der Waals surface area contributed by atoms with E-state index in [9.17, 15) is 18.4 Å². The van der Waals surface area contributed by atoms with Gasteiger partial charge in [0.1, 0.15) is 11.6 Å². The van der Waals surface area contributed by atoms with Gasteiger partial charge in [0.15, 0.2) is 0 Å². The zero-order chi connectivity index (χ0) is 17.1. The lowest BCUT2D eigenvalue weighted by molar-refractivity contribution is -0.133. The number of nitrogens with zero attached hydrogens (tertiary/aromatic N) is 1. The molecule has 126 valence electrons. The third-order valence-electron chi connectivity index (χ3n) is 4.21. The summed E-state index contributed by atoms with van der Waals surface area (Å²) in [6, 6.07) is 3.04. The Morgan fingerprint density at radius 2 is 1.91 bits per heavy atom. The Kier molecular flexibility index (Phi) is 5.34. The molecule has 1 unspecified atom stereocenters. The van der Waals surface area contributed by atoms with Crippen molar-refractivity contribution in [3.05, 3.63) is 35.4 Å². The number of carbonyl (C=O) groups is 2. The molecule has 1 N–H and O–H groups in total. The maximum Gasteiger partial charge on any atom is 0.254 e. The van der Waals surface area contributed by atoms with Gasteiger partial charge >= 0.3 is 0 Å². The predicted molar refractivity (Wildman–Crippen MR) is 82.9 cm³/mol. The SMILES string of the molecule is CC(C)C(C)N(C(=O)CNC(=O)c1ccc(F)cc1F)C1CC1. The molecule has 1 aliphatic carbocycles. The van der Waals surface area contributed by atoms with Crippen LogP contribution in [0.2, 0.25) is 0 Å². The third-order valence-corrected chi connectivity index (χ3v) is 4.21. The molecule has 0 radical (unpaired) electrons.